The molecule has 18 heavy (non-hydrogen) atoms. The minimum Gasteiger partial charge on any atom is -0.383 e. The molecule has 0 aromatic heterocycles. The molecule has 0 aliphatic carbocycles. The van der Waals surface area contributed by atoms with Crippen LogP contribution in [0.5, 0.6) is 0 Å². The van der Waals surface area contributed by atoms with Gasteiger partial charge < -0.3 is 15.0 Å². The molecule has 1 aromatic carbocycles. The van der Waals surface area contributed by atoms with E-state index in [0.29, 0.717) is 18.8 Å². The monoisotopic (exact) mass is 254 g/mol. The first-order valence-corrected chi connectivity index (χ1v) is 6.34. The number of benzene rings is 1. The van der Waals surface area contributed by atoms with Crippen LogP contribution in [0.3, 0.4) is 0 Å². The molecule has 0 heterocycles. The molecule has 0 aliphatic heterocycles. The summed E-state index contributed by atoms with van der Waals surface area (Å²) in [6.07, 6.45) is 0. The molecule has 0 spiro atoms. The summed E-state index contributed by atoms with van der Waals surface area (Å²) < 4.78 is 19.1. The van der Waals surface area contributed by atoms with Gasteiger partial charge in [0, 0.05) is 26.2 Å². The van der Waals surface area contributed by atoms with E-state index in [1.165, 1.54) is 0 Å². The molecule has 0 amide bonds. The van der Waals surface area contributed by atoms with Gasteiger partial charge in [0.1, 0.15) is 5.82 Å². The Kier molecular flexibility index (Phi) is 6.09. The Labute approximate surface area is 109 Å². The van der Waals surface area contributed by atoms with E-state index in [9.17, 15) is 4.39 Å². The lowest BCUT2D eigenvalue weighted by molar-refractivity contribution is 0.205. The Morgan fingerprint density at radius 3 is 2.67 bits per heavy atom. The van der Waals surface area contributed by atoms with Gasteiger partial charge in [0.25, 0.3) is 0 Å². The Hall–Kier alpha value is -1.13. The molecule has 1 N–H and O–H groups in total. The number of hydrogen-bond donors (Lipinski definition) is 1. The first kappa shape index (κ1) is 14.9. The van der Waals surface area contributed by atoms with Crippen LogP contribution in [0.4, 0.5) is 10.1 Å². The number of ether oxygens (including phenoxy) is 1. The third-order valence-corrected chi connectivity index (χ3v) is 3.19. The van der Waals surface area contributed by atoms with E-state index in [-0.39, 0.29) is 11.9 Å². The summed E-state index contributed by atoms with van der Waals surface area (Å²) in [6, 6.07) is 5.57. The van der Waals surface area contributed by atoms with Crippen molar-refractivity contribution in [2.24, 2.45) is 0 Å². The van der Waals surface area contributed by atoms with Crippen molar-refractivity contribution in [2.75, 3.05) is 38.8 Å². The van der Waals surface area contributed by atoms with E-state index < -0.39 is 0 Å². The summed E-state index contributed by atoms with van der Waals surface area (Å²) in [4.78, 5) is 1.98. The van der Waals surface area contributed by atoms with Gasteiger partial charge in [0.15, 0.2) is 0 Å². The molecule has 1 aromatic rings. The predicted octanol–water partition coefficient (Wildman–Crippen LogP) is 2.58. The fourth-order valence-electron chi connectivity index (χ4n) is 1.87. The smallest absolute Gasteiger partial charge is 0.146 e. The fraction of sp³-hybridized carbons (Fsp3) is 0.571. The summed E-state index contributed by atoms with van der Waals surface area (Å²) in [5.41, 5.74) is 1.60. The normalized spacial score (nSPS) is 12.5. The van der Waals surface area contributed by atoms with Crippen molar-refractivity contribution in [3.8, 4) is 0 Å². The van der Waals surface area contributed by atoms with Crippen LogP contribution in [-0.2, 0) is 4.74 Å². The van der Waals surface area contributed by atoms with Crippen LogP contribution >= 0.6 is 0 Å². The van der Waals surface area contributed by atoms with Gasteiger partial charge in [-0.05, 0) is 38.6 Å². The van der Waals surface area contributed by atoms with Crippen LogP contribution < -0.4 is 10.2 Å². The number of halogens is 1. The second kappa shape index (κ2) is 7.34. The molecule has 4 heteroatoms. The standard InChI is InChI=1S/C14H23FN2O/c1-5-17(8-9-18-4)14-7-6-12(10-13(14)15)11(2)16-3/h6-7,10-11,16H,5,8-9H2,1-4H3. The van der Waals surface area contributed by atoms with Gasteiger partial charge >= 0.3 is 0 Å². The molecule has 1 rings (SSSR count). The molecule has 1 atom stereocenters. The third kappa shape index (κ3) is 3.68. The Balaban J connectivity index is 2.89. The highest BCUT2D eigenvalue weighted by Gasteiger charge is 2.12. The summed E-state index contributed by atoms with van der Waals surface area (Å²) in [6.45, 7) is 6.09. The van der Waals surface area contributed by atoms with Crippen molar-refractivity contribution >= 4 is 5.69 Å². The Bertz CT molecular complexity index is 371. The van der Waals surface area contributed by atoms with Gasteiger partial charge in [-0.2, -0.15) is 0 Å². The zero-order chi connectivity index (χ0) is 13.5. The van der Waals surface area contributed by atoms with Crippen molar-refractivity contribution in [3.05, 3.63) is 29.6 Å². The highest BCUT2D eigenvalue weighted by Crippen LogP contribution is 2.23. The van der Waals surface area contributed by atoms with Crippen LogP contribution in [0.15, 0.2) is 18.2 Å². The van der Waals surface area contributed by atoms with Gasteiger partial charge in [-0.25, -0.2) is 4.39 Å². The average molecular weight is 254 g/mol. The van der Waals surface area contributed by atoms with Crippen molar-refractivity contribution in [1.82, 2.24) is 5.32 Å². The topological polar surface area (TPSA) is 24.5 Å². The zero-order valence-corrected chi connectivity index (χ0v) is 11.7. The highest BCUT2D eigenvalue weighted by molar-refractivity contribution is 5.49. The van der Waals surface area contributed by atoms with E-state index >= 15 is 0 Å². The lowest BCUT2D eigenvalue weighted by Gasteiger charge is -2.24. The zero-order valence-electron chi connectivity index (χ0n) is 11.7. The SMILES string of the molecule is CCN(CCOC)c1ccc(C(C)NC)cc1F. The van der Waals surface area contributed by atoms with E-state index in [4.69, 9.17) is 4.74 Å². The lowest BCUT2D eigenvalue weighted by atomic mass is 10.1. The maximum Gasteiger partial charge on any atom is 0.146 e. The van der Waals surface area contributed by atoms with Crippen molar-refractivity contribution in [1.29, 1.82) is 0 Å². The van der Waals surface area contributed by atoms with Gasteiger partial charge in [-0.15, -0.1) is 0 Å². The summed E-state index contributed by atoms with van der Waals surface area (Å²) in [5, 5.41) is 3.11. The molecule has 102 valence electrons. The Morgan fingerprint density at radius 2 is 2.17 bits per heavy atom. The van der Waals surface area contributed by atoms with Crippen molar-refractivity contribution in [2.45, 2.75) is 19.9 Å². The van der Waals surface area contributed by atoms with Crippen LogP contribution in [-0.4, -0.2) is 33.9 Å². The molecule has 3 nitrogen and oxygen atoms in total. The number of nitrogens with zero attached hydrogens (tertiary/aromatic N) is 1. The summed E-state index contributed by atoms with van der Waals surface area (Å²) in [5.74, 6) is -0.174. The predicted molar refractivity (Wildman–Crippen MR) is 73.6 cm³/mol. The second-order valence-electron chi connectivity index (χ2n) is 4.29. The molecular formula is C14H23FN2O. The molecule has 0 saturated carbocycles. The van der Waals surface area contributed by atoms with Gasteiger partial charge in [-0.1, -0.05) is 6.07 Å². The Morgan fingerprint density at radius 1 is 1.44 bits per heavy atom. The fourth-order valence-corrected chi connectivity index (χ4v) is 1.87. The van der Waals surface area contributed by atoms with Gasteiger partial charge in [0.2, 0.25) is 0 Å². The summed E-state index contributed by atoms with van der Waals surface area (Å²) in [7, 11) is 3.52. The van der Waals surface area contributed by atoms with E-state index in [2.05, 4.69) is 5.32 Å². The molecule has 0 saturated heterocycles. The molecule has 0 radical (unpaired) electrons. The third-order valence-electron chi connectivity index (χ3n) is 3.19. The molecule has 1 unspecified atom stereocenters. The second-order valence-corrected chi connectivity index (χ2v) is 4.29. The van der Waals surface area contributed by atoms with Crippen molar-refractivity contribution < 1.29 is 9.13 Å². The van der Waals surface area contributed by atoms with E-state index in [0.717, 1.165) is 12.1 Å². The maximum atomic E-state index is 14.1. The van der Waals surface area contributed by atoms with Gasteiger partial charge in [-0.3, -0.25) is 0 Å². The lowest BCUT2D eigenvalue weighted by Crippen LogP contribution is -2.27. The van der Waals surface area contributed by atoms with Gasteiger partial charge in [0.05, 0.1) is 12.3 Å². The average Bonchev–Trinajstić information content (AvgIpc) is 2.40. The first-order chi connectivity index (χ1) is 8.63. The number of methoxy groups -OCH3 is 1. The molecular weight excluding hydrogens is 231 g/mol. The molecule has 0 fully saturated rings. The number of nitrogens with one attached hydrogen (secondary N) is 1. The molecule has 0 bridgehead atoms. The van der Waals surface area contributed by atoms with Crippen molar-refractivity contribution in [3.63, 3.8) is 0 Å². The van der Waals surface area contributed by atoms with Crippen LogP contribution in [0.2, 0.25) is 0 Å². The minimum atomic E-state index is -0.174. The highest BCUT2D eigenvalue weighted by atomic mass is 19.1. The summed E-state index contributed by atoms with van der Waals surface area (Å²) >= 11 is 0. The number of rotatable bonds is 7. The number of likely N-dealkylation sites (N-methyl/N-ethyl adjacent to an activating group) is 1. The van der Waals surface area contributed by atoms with Crippen LogP contribution in [0, 0.1) is 5.82 Å². The maximum absolute atomic E-state index is 14.1. The minimum absolute atomic E-state index is 0.155. The quantitative estimate of drug-likeness (QED) is 0.809. The first-order valence-electron chi connectivity index (χ1n) is 6.34. The van der Waals surface area contributed by atoms with E-state index in [1.807, 2.05) is 37.9 Å². The number of hydrogen-bond acceptors (Lipinski definition) is 3. The molecule has 0 aliphatic rings. The number of anilines is 1. The van der Waals surface area contributed by atoms with Crippen LogP contribution in [0.1, 0.15) is 25.5 Å². The van der Waals surface area contributed by atoms with Crippen LogP contribution in [0.25, 0.3) is 0 Å². The van der Waals surface area contributed by atoms with E-state index in [1.54, 1.807) is 13.2 Å². The largest absolute Gasteiger partial charge is 0.383 e.